The minimum Gasteiger partial charge on any atom is -0.401 e. The summed E-state index contributed by atoms with van der Waals surface area (Å²) in [5.74, 6) is -1.37. The van der Waals surface area contributed by atoms with Crippen LogP contribution in [0.1, 0.15) is 37.8 Å². The van der Waals surface area contributed by atoms with E-state index >= 15 is 0 Å². The Morgan fingerprint density at radius 1 is 1.12 bits per heavy atom. The van der Waals surface area contributed by atoms with Gasteiger partial charge in [-0.05, 0) is 43.4 Å². The molecule has 3 heterocycles. The van der Waals surface area contributed by atoms with Gasteiger partial charge in [0.1, 0.15) is 5.84 Å². The van der Waals surface area contributed by atoms with Gasteiger partial charge >= 0.3 is 6.18 Å². The predicted octanol–water partition coefficient (Wildman–Crippen LogP) is 4.09. The molecule has 1 aromatic rings. The number of aromatic nitrogens is 2. The van der Waals surface area contributed by atoms with Crippen molar-refractivity contribution in [1.29, 1.82) is 0 Å². The lowest BCUT2D eigenvalue weighted by molar-refractivity contribution is -0.163. The number of piperidine rings is 1. The highest BCUT2D eigenvalue weighted by molar-refractivity contribution is 5.99. The first-order valence-corrected chi connectivity index (χ1v) is 10.8. The normalized spacial score (nSPS) is 24.3. The van der Waals surface area contributed by atoms with Crippen LogP contribution in [0.4, 0.5) is 19.0 Å². The number of rotatable bonds is 3. The third-order valence-electron chi connectivity index (χ3n) is 6.25. The largest absolute Gasteiger partial charge is 0.401 e. The van der Waals surface area contributed by atoms with E-state index in [0.29, 0.717) is 25.9 Å². The molecule has 2 aliphatic heterocycles. The predicted molar refractivity (Wildman–Crippen MR) is 119 cm³/mol. The van der Waals surface area contributed by atoms with Crippen LogP contribution < -0.4 is 16.4 Å². The first-order chi connectivity index (χ1) is 15.2. The van der Waals surface area contributed by atoms with Crippen molar-refractivity contribution in [2.45, 2.75) is 38.3 Å². The second kappa shape index (κ2) is 8.80. The number of halogens is 3. The maximum absolute atomic E-state index is 13.6. The zero-order chi connectivity index (χ0) is 22.9. The van der Waals surface area contributed by atoms with Crippen molar-refractivity contribution in [3.05, 3.63) is 59.6 Å². The van der Waals surface area contributed by atoms with Crippen LogP contribution in [0, 0.1) is 11.8 Å². The molecule has 0 bridgehead atoms. The summed E-state index contributed by atoms with van der Waals surface area (Å²) in [7, 11) is 0. The third-order valence-corrected chi connectivity index (χ3v) is 6.25. The lowest BCUT2D eigenvalue weighted by Crippen LogP contribution is -2.40. The van der Waals surface area contributed by atoms with Gasteiger partial charge in [0.25, 0.3) is 0 Å². The van der Waals surface area contributed by atoms with E-state index in [1.165, 1.54) is 0 Å². The van der Waals surface area contributed by atoms with Gasteiger partial charge in [-0.25, -0.2) is 4.99 Å². The Morgan fingerprint density at radius 2 is 1.88 bits per heavy atom. The molecule has 1 unspecified atom stereocenters. The van der Waals surface area contributed by atoms with E-state index in [4.69, 9.17) is 11.5 Å². The van der Waals surface area contributed by atoms with Crippen LogP contribution in [0.2, 0.25) is 0 Å². The number of anilines is 1. The summed E-state index contributed by atoms with van der Waals surface area (Å²) < 4.78 is 40.9. The summed E-state index contributed by atoms with van der Waals surface area (Å²) in [6, 6.07) is 3.89. The zero-order valence-electron chi connectivity index (χ0n) is 17.8. The highest BCUT2D eigenvalue weighted by Crippen LogP contribution is 2.41. The molecule has 6 nitrogen and oxygen atoms in total. The van der Waals surface area contributed by atoms with Crippen molar-refractivity contribution < 1.29 is 13.2 Å². The SMILES string of the molecule is C=C1CC(C(F)(F)F)C(=C(N)C2CCN(c3ccc(C4=CCCC=C4)nn3)CC2)C(N)=N1. The number of nitrogens with zero attached hydrogens (tertiary/aromatic N) is 4. The van der Waals surface area contributed by atoms with Crippen LogP contribution in [0.15, 0.2) is 58.9 Å². The molecule has 0 spiro atoms. The van der Waals surface area contributed by atoms with Crippen molar-refractivity contribution in [2.24, 2.45) is 28.3 Å². The Balaban J connectivity index is 1.47. The van der Waals surface area contributed by atoms with E-state index in [2.05, 4.69) is 44.9 Å². The third kappa shape index (κ3) is 4.56. The van der Waals surface area contributed by atoms with E-state index in [9.17, 15) is 13.2 Å². The highest BCUT2D eigenvalue weighted by atomic mass is 19.4. The van der Waals surface area contributed by atoms with E-state index in [1.807, 2.05) is 12.1 Å². The molecule has 0 amide bonds. The Kier molecular flexibility index (Phi) is 6.08. The first-order valence-electron chi connectivity index (χ1n) is 10.8. The second-order valence-corrected chi connectivity index (χ2v) is 8.41. The summed E-state index contributed by atoms with van der Waals surface area (Å²) in [4.78, 5) is 6.06. The van der Waals surface area contributed by atoms with Gasteiger partial charge in [-0.1, -0.05) is 24.8 Å². The minimum atomic E-state index is -4.45. The quantitative estimate of drug-likeness (QED) is 0.732. The van der Waals surface area contributed by atoms with Crippen molar-refractivity contribution >= 4 is 17.2 Å². The number of aliphatic imine (C=N–C) groups is 1. The van der Waals surface area contributed by atoms with Crippen LogP contribution in [0.5, 0.6) is 0 Å². The van der Waals surface area contributed by atoms with Gasteiger partial charge in [0.05, 0.1) is 11.6 Å². The Bertz CT molecular complexity index is 996. The molecular formula is C23H27F3N6. The molecule has 0 saturated carbocycles. The van der Waals surface area contributed by atoms with E-state index < -0.39 is 12.1 Å². The van der Waals surface area contributed by atoms with Crippen LogP contribution in [0.25, 0.3) is 5.57 Å². The van der Waals surface area contributed by atoms with Crippen LogP contribution in [0.3, 0.4) is 0 Å². The van der Waals surface area contributed by atoms with Gasteiger partial charge in [-0.15, -0.1) is 10.2 Å². The average Bonchev–Trinajstić information content (AvgIpc) is 2.78. The zero-order valence-corrected chi connectivity index (χ0v) is 17.8. The molecule has 1 saturated heterocycles. The molecule has 170 valence electrons. The van der Waals surface area contributed by atoms with Gasteiger partial charge in [0, 0.05) is 42.4 Å². The van der Waals surface area contributed by atoms with Gasteiger partial charge in [0.2, 0.25) is 0 Å². The van der Waals surface area contributed by atoms with E-state index in [-0.39, 0.29) is 35.1 Å². The summed E-state index contributed by atoms with van der Waals surface area (Å²) in [5.41, 5.74) is 14.3. The minimum absolute atomic E-state index is 0.0821. The van der Waals surface area contributed by atoms with Crippen molar-refractivity contribution in [3.63, 3.8) is 0 Å². The molecule has 1 aromatic heterocycles. The van der Waals surface area contributed by atoms with E-state index in [1.54, 1.807) is 0 Å². The molecule has 0 radical (unpaired) electrons. The monoisotopic (exact) mass is 444 g/mol. The fourth-order valence-electron chi connectivity index (χ4n) is 4.51. The molecule has 4 rings (SSSR count). The molecular weight excluding hydrogens is 417 g/mol. The van der Waals surface area contributed by atoms with Crippen LogP contribution in [-0.2, 0) is 0 Å². The maximum Gasteiger partial charge on any atom is 0.396 e. The van der Waals surface area contributed by atoms with Gasteiger partial charge in [-0.2, -0.15) is 13.2 Å². The second-order valence-electron chi connectivity index (χ2n) is 8.41. The molecule has 3 aliphatic rings. The fourth-order valence-corrected chi connectivity index (χ4v) is 4.51. The standard InChI is InChI=1S/C23H27F3N6/c1-14-13-17(23(24,25)26)20(22(28)29-14)21(27)16-9-11-32(12-10-16)19-8-7-18(30-31-19)15-5-3-2-4-6-15/h3,5-8,16-17H,1-2,4,9-13,27H2,(H2,28,29). The summed E-state index contributed by atoms with van der Waals surface area (Å²) in [6.07, 6.45) is 4.80. The number of hydrogen-bond acceptors (Lipinski definition) is 6. The maximum atomic E-state index is 13.6. The Morgan fingerprint density at radius 3 is 2.47 bits per heavy atom. The smallest absolute Gasteiger partial charge is 0.396 e. The highest BCUT2D eigenvalue weighted by Gasteiger charge is 2.46. The number of nitrogens with two attached hydrogens (primary N) is 2. The number of amidine groups is 1. The van der Waals surface area contributed by atoms with Crippen molar-refractivity contribution in [3.8, 4) is 0 Å². The molecule has 1 aliphatic carbocycles. The van der Waals surface area contributed by atoms with Gasteiger partial charge in [0.15, 0.2) is 5.82 Å². The molecule has 1 atom stereocenters. The average molecular weight is 445 g/mol. The van der Waals surface area contributed by atoms with Crippen LogP contribution in [-0.4, -0.2) is 35.3 Å². The lowest BCUT2D eigenvalue weighted by atomic mass is 9.83. The van der Waals surface area contributed by atoms with Crippen molar-refractivity contribution in [1.82, 2.24) is 10.2 Å². The summed E-state index contributed by atoms with van der Waals surface area (Å²) in [5, 5.41) is 8.71. The topological polar surface area (TPSA) is 93.4 Å². The van der Waals surface area contributed by atoms with Crippen LogP contribution >= 0.6 is 0 Å². The number of alkyl halides is 3. The Labute approximate surface area is 185 Å². The number of allylic oxidation sites excluding steroid dienone is 6. The Hall–Kier alpha value is -3.10. The molecule has 4 N–H and O–H groups in total. The summed E-state index contributed by atoms with van der Waals surface area (Å²) in [6.45, 7) is 4.80. The molecule has 1 fully saturated rings. The van der Waals surface area contributed by atoms with Crippen molar-refractivity contribution in [2.75, 3.05) is 18.0 Å². The first kappa shape index (κ1) is 22.1. The number of hydrogen-bond donors (Lipinski definition) is 2. The summed E-state index contributed by atoms with van der Waals surface area (Å²) >= 11 is 0. The molecule has 0 aromatic carbocycles. The van der Waals surface area contributed by atoms with E-state index in [0.717, 1.165) is 29.9 Å². The lowest BCUT2D eigenvalue weighted by Gasteiger charge is -2.35. The molecule has 9 heteroatoms. The van der Waals surface area contributed by atoms with Gasteiger partial charge < -0.3 is 16.4 Å². The van der Waals surface area contributed by atoms with Gasteiger partial charge in [-0.3, -0.25) is 0 Å². The fraction of sp³-hybridized carbons (Fsp3) is 0.435. The molecule has 32 heavy (non-hydrogen) atoms.